The van der Waals surface area contributed by atoms with Crippen molar-refractivity contribution in [3.8, 4) is 0 Å². The molecule has 0 radical (unpaired) electrons. The predicted octanol–water partition coefficient (Wildman–Crippen LogP) is 4.56. The molecule has 7 heteroatoms. The molecule has 0 aliphatic rings. The zero-order chi connectivity index (χ0) is 15.2. The van der Waals surface area contributed by atoms with E-state index in [4.69, 9.17) is 0 Å². The largest absolute Gasteiger partial charge is 0.244 e. The number of alkyl halides is 7. The Balaban J connectivity index is 4.49. The van der Waals surface area contributed by atoms with Crippen molar-refractivity contribution in [3.05, 3.63) is 0 Å². The van der Waals surface area contributed by atoms with E-state index in [1.165, 1.54) is 0 Å². The van der Waals surface area contributed by atoms with Gasteiger partial charge in [0.15, 0.2) is 30.9 Å². The Morgan fingerprint density at radius 1 is 0.684 bits per heavy atom. The SMILES string of the molecule is CCCCC(F)C(F)C(F)C(F)C(F)C(F)C(C)F. The third-order valence-corrected chi connectivity index (χ3v) is 2.83. The van der Waals surface area contributed by atoms with Crippen molar-refractivity contribution in [2.75, 3.05) is 0 Å². The summed E-state index contributed by atoms with van der Waals surface area (Å²) in [5.41, 5.74) is 0. The molecule has 0 saturated carbocycles. The highest BCUT2D eigenvalue weighted by molar-refractivity contribution is 4.90. The normalized spacial score (nSPS) is 23.2. The lowest BCUT2D eigenvalue weighted by atomic mass is 9.98. The molecule has 0 heterocycles. The first-order chi connectivity index (χ1) is 8.73. The maximum absolute atomic E-state index is 13.2. The minimum atomic E-state index is -3.23. The van der Waals surface area contributed by atoms with Gasteiger partial charge in [-0.1, -0.05) is 19.8 Å². The van der Waals surface area contributed by atoms with Crippen molar-refractivity contribution < 1.29 is 30.7 Å². The molecular formula is C12H19F7. The van der Waals surface area contributed by atoms with Crippen LogP contribution in [0.4, 0.5) is 30.7 Å². The van der Waals surface area contributed by atoms with Crippen molar-refractivity contribution in [1.29, 1.82) is 0 Å². The molecule has 7 unspecified atom stereocenters. The van der Waals surface area contributed by atoms with E-state index in [0.29, 0.717) is 13.3 Å². The maximum Gasteiger partial charge on any atom is 0.168 e. The summed E-state index contributed by atoms with van der Waals surface area (Å²) in [6.07, 6.45) is -19.5. The van der Waals surface area contributed by atoms with Crippen molar-refractivity contribution >= 4 is 0 Å². The van der Waals surface area contributed by atoms with Crippen LogP contribution in [0.5, 0.6) is 0 Å². The lowest BCUT2D eigenvalue weighted by Crippen LogP contribution is -2.44. The number of unbranched alkanes of at least 4 members (excludes halogenated alkanes) is 1. The minimum Gasteiger partial charge on any atom is -0.244 e. The molecule has 0 aromatic rings. The average Bonchev–Trinajstić information content (AvgIpc) is 2.40. The number of hydrogen-bond acceptors (Lipinski definition) is 0. The number of hydrogen-bond donors (Lipinski definition) is 0. The molecule has 116 valence electrons. The molecule has 0 fully saturated rings. The van der Waals surface area contributed by atoms with Gasteiger partial charge >= 0.3 is 0 Å². The highest BCUT2D eigenvalue weighted by Crippen LogP contribution is 2.27. The summed E-state index contributed by atoms with van der Waals surface area (Å²) < 4.78 is 91.0. The summed E-state index contributed by atoms with van der Waals surface area (Å²) in [5, 5.41) is 0. The zero-order valence-corrected chi connectivity index (χ0v) is 10.8. The van der Waals surface area contributed by atoms with E-state index >= 15 is 0 Å². The molecule has 0 aromatic carbocycles. The van der Waals surface area contributed by atoms with Crippen LogP contribution in [-0.4, -0.2) is 43.2 Å². The second-order valence-corrected chi connectivity index (χ2v) is 4.56. The van der Waals surface area contributed by atoms with E-state index in [1.54, 1.807) is 6.92 Å². The van der Waals surface area contributed by atoms with E-state index in [-0.39, 0.29) is 12.8 Å². The Morgan fingerprint density at radius 2 is 1.11 bits per heavy atom. The van der Waals surface area contributed by atoms with Crippen molar-refractivity contribution in [1.82, 2.24) is 0 Å². The Morgan fingerprint density at radius 3 is 1.53 bits per heavy atom. The summed E-state index contributed by atoms with van der Waals surface area (Å²) in [7, 11) is 0. The topological polar surface area (TPSA) is 0 Å². The molecule has 7 atom stereocenters. The lowest BCUT2D eigenvalue weighted by Gasteiger charge is -2.24. The third-order valence-electron chi connectivity index (χ3n) is 2.83. The molecule has 0 N–H and O–H groups in total. The fraction of sp³-hybridized carbons (Fsp3) is 1.00. The summed E-state index contributed by atoms with van der Waals surface area (Å²) >= 11 is 0. The van der Waals surface area contributed by atoms with E-state index in [1.807, 2.05) is 0 Å². The van der Waals surface area contributed by atoms with Crippen LogP contribution >= 0.6 is 0 Å². The summed E-state index contributed by atoms with van der Waals surface area (Å²) in [6.45, 7) is 2.32. The fourth-order valence-electron chi connectivity index (χ4n) is 1.54. The van der Waals surface area contributed by atoms with Gasteiger partial charge in [0.25, 0.3) is 0 Å². The molecule has 0 aliphatic carbocycles. The smallest absolute Gasteiger partial charge is 0.168 e. The van der Waals surface area contributed by atoms with Crippen LogP contribution < -0.4 is 0 Å². The summed E-state index contributed by atoms with van der Waals surface area (Å²) in [5.74, 6) is 0. The van der Waals surface area contributed by atoms with Gasteiger partial charge in [0.2, 0.25) is 0 Å². The van der Waals surface area contributed by atoms with E-state index in [9.17, 15) is 30.7 Å². The van der Waals surface area contributed by atoms with E-state index in [0.717, 1.165) is 0 Å². The van der Waals surface area contributed by atoms with Crippen molar-refractivity contribution in [3.63, 3.8) is 0 Å². The molecule has 0 spiro atoms. The zero-order valence-electron chi connectivity index (χ0n) is 10.8. The highest BCUT2D eigenvalue weighted by atomic mass is 19.2. The number of halogens is 7. The first-order valence-corrected chi connectivity index (χ1v) is 6.22. The molecule has 0 amide bonds. The highest BCUT2D eigenvalue weighted by Gasteiger charge is 2.44. The second-order valence-electron chi connectivity index (χ2n) is 4.56. The monoisotopic (exact) mass is 296 g/mol. The molecule has 0 aromatic heterocycles. The Kier molecular flexibility index (Phi) is 8.41. The van der Waals surface area contributed by atoms with Crippen LogP contribution in [0.2, 0.25) is 0 Å². The molecule has 0 saturated heterocycles. The van der Waals surface area contributed by atoms with Gasteiger partial charge in [0.1, 0.15) is 12.3 Å². The van der Waals surface area contributed by atoms with Crippen LogP contribution in [0.15, 0.2) is 0 Å². The van der Waals surface area contributed by atoms with E-state index < -0.39 is 43.2 Å². The van der Waals surface area contributed by atoms with Gasteiger partial charge in [0.05, 0.1) is 0 Å². The molecule has 0 bridgehead atoms. The predicted molar refractivity (Wildman–Crippen MR) is 59.5 cm³/mol. The van der Waals surface area contributed by atoms with Gasteiger partial charge in [0, 0.05) is 0 Å². The molecular weight excluding hydrogens is 277 g/mol. The summed E-state index contributed by atoms with van der Waals surface area (Å²) in [4.78, 5) is 0. The molecule has 0 aliphatic heterocycles. The van der Waals surface area contributed by atoms with Gasteiger partial charge in [-0.3, -0.25) is 0 Å². The molecule has 0 nitrogen and oxygen atoms in total. The van der Waals surface area contributed by atoms with Crippen LogP contribution in [0.3, 0.4) is 0 Å². The molecule has 0 rings (SSSR count). The second kappa shape index (κ2) is 8.64. The quantitative estimate of drug-likeness (QED) is 0.547. The van der Waals surface area contributed by atoms with Crippen LogP contribution in [-0.2, 0) is 0 Å². The van der Waals surface area contributed by atoms with Gasteiger partial charge in [-0.05, 0) is 13.3 Å². The van der Waals surface area contributed by atoms with Crippen LogP contribution in [0.25, 0.3) is 0 Å². The number of rotatable bonds is 9. The standard InChI is InChI=1S/C12H19F7/c1-3-4-5-7(14)9(16)11(18)12(19)10(17)8(15)6(2)13/h6-12H,3-5H2,1-2H3. The lowest BCUT2D eigenvalue weighted by molar-refractivity contribution is -0.0338. The maximum atomic E-state index is 13.2. The summed E-state index contributed by atoms with van der Waals surface area (Å²) in [6, 6.07) is 0. The average molecular weight is 296 g/mol. The minimum absolute atomic E-state index is 0.261. The van der Waals surface area contributed by atoms with Crippen molar-refractivity contribution in [2.24, 2.45) is 0 Å². The Labute approximate surface area is 108 Å². The van der Waals surface area contributed by atoms with Gasteiger partial charge in [-0.2, -0.15) is 0 Å². The van der Waals surface area contributed by atoms with Crippen molar-refractivity contribution in [2.45, 2.75) is 76.3 Å². The molecule has 19 heavy (non-hydrogen) atoms. The fourth-order valence-corrected chi connectivity index (χ4v) is 1.54. The van der Waals surface area contributed by atoms with E-state index in [2.05, 4.69) is 0 Å². The third kappa shape index (κ3) is 5.57. The first kappa shape index (κ1) is 18.5. The van der Waals surface area contributed by atoms with Crippen LogP contribution in [0, 0.1) is 0 Å². The van der Waals surface area contributed by atoms with Gasteiger partial charge in [-0.15, -0.1) is 0 Å². The Bertz CT molecular complexity index is 236. The first-order valence-electron chi connectivity index (χ1n) is 6.22. The van der Waals surface area contributed by atoms with Crippen LogP contribution in [0.1, 0.15) is 33.1 Å². The van der Waals surface area contributed by atoms with Gasteiger partial charge in [-0.25, -0.2) is 30.7 Å². The Hall–Kier alpha value is -0.490. The van der Waals surface area contributed by atoms with Gasteiger partial charge < -0.3 is 0 Å².